The van der Waals surface area contributed by atoms with Crippen molar-refractivity contribution in [1.82, 2.24) is 0 Å². The van der Waals surface area contributed by atoms with Gasteiger partial charge in [-0.25, -0.2) is 4.39 Å². The zero-order valence-electron chi connectivity index (χ0n) is 17.5. The largest absolute Gasteiger partial charge is 0.504 e. The Balaban J connectivity index is 1.85. The molecule has 0 aliphatic rings. The molecule has 0 bridgehead atoms. The lowest BCUT2D eigenvalue weighted by Crippen LogP contribution is -2.41. The molecule has 0 heterocycles. The quantitative estimate of drug-likeness (QED) is 0.384. The van der Waals surface area contributed by atoms with E-state index in [9.17, 15) is 14.6 Å². The molecule has 160 valence electrons. The van der Waals surface area contributed by atoms with Gasteiger partial charge in [0.1, 0.15) is 5.60 Å². The third-order valence-corrected chi connectivity index (χ3v) is 5.59. The minimum absolute atomic E-state index is 0.256. The topological polar surface area (TPSA) is 52.8 Å². The van der Waals surface area contributed by atoms with Gasteiger partial charge in [0.2, 0.25) is 0 Å². The Hall–Kier alpha value is -3.76. The molecule has 0 saturated carbocycles. The van der Waals surface area contributed by atoms with Crippen LogP contribution in [0.1, 0.15) is 22.3 Å². The molecule has 0 unspecified atom stereocenters. The average Bonchev–Trinajstić information content (AvgIpc) is 2.85. The summed E-state index contributed by atoms with van der Waals surface area (Å²) in [4.78, 5) is 4.71. The SMILES string of the molecule is Oc1c(F)cccc1C=N[C@H](Cc1ccccc1)C(O)(c1ccccc1)c1ccccc1. The van der Waals surface area contributed by atoms with Crippen LogP contribution in [0.15, 0.2) is 114 Å². The van der Waals surface area contributed by atoms with Gasteiger partial charge in [-0.05, 0) is 35.2 Å². The first-order valence-electron chi connectivity index (χ1n) is 10.5. The predicted octanol–water partition coefficient (Wildman–Crippen LogP) is 5.50. The number of halogens is 1. The second-order valence-electron chi connectivity index (χ2n) is 7.66. The van der Waals surface area contributed by atoms with Gasteiger partial charge in [-0.2, -0.15) is 0 Å². The number of aliphatic imine (C=N–C) groups is 1. The predicted molar refractivity (Wildman–Crippen MR) is 125 cm³/mol. The third-order valence-electron chi connectivity index (χ3n) is 5.59. The van der Waals surface area contributed by atoms with Gasteiger partial charge in [-0.1, -0.05) is 97.1 Å². The lowest BCUT2D eigenvalue weighted by atomic mass is 9.78. The molecule has 4 heteroatoms. The van der Waals surface area contributed by atoms with Crippen molar-refractivity contribution in [3.63, 3.8) is 0 Å². The first kappa shape index (κ1) is 21.5. The van der Waals surface area contributed by atoms with Crippen LogP contribution in [0.3, 0.4) is 0 Å². The summed E-state index contributed by atoms with van der Waals surface area (Å²) in [5.41, 5.74) is 1.22. The minimum atomic E-state index is -1.45. The smallest absolute Gasteiger partial charge is 0.165 e. The van der Waals surface area contributed by atoms with Gasteiger partial charge in [0.05, 0.1) is 6.04 Å². The van der Waals surface area contributed by atoms with Crippen LogP contribution >= 0.6 is 0 Å². The van der Waals surface area contributed by atoms with E-state index in [2.05, 4.69) is 0 Å². The lowest BCUT2D eigenvalue weighted by molar-refractivity contribution is 0.0528. The van der Waals surface area contributed by atoms with Crippen LogP contribution < -0.4 is 0 Å². The van der Waals surface area contributed by atoms with Crippen molar-refractivity contribution in [1.29, 1.82) is 0 Å². The van der Waals surface area contributed by atoms with Gasteiger partial charge < -0.3 is 10.2 Å². The molecular formula is C28H24FNO2. The Morgan fingerprint density at radius 1 is 0.750 bits per heavy atom. The van der Waals surface area contributed by atoms with E-state index in [-0.39, 0.29) is 5.56 Å². The molecule has 4 aromatic carbocycles. The van der Waals surface area contributed by atoms with Gasteiger partial charge in [-0.3, -0.25) is 4.99 Å². The van der Waals surface area contributed by atoms with Crippen LogP contribution in [-0.4, -0.2) is 22.5 Å². The summed E-state index contributed by atoms with van der Waals surface area (Å²) in [6, 6.07) is 32.3. The second-order valence-corrected chi connectivity index (χ2v) is 7.66. The number of hydrogen-bond donors (Lipinski definition) is 2. The molecule has 3 nitrogen and oxygen atoms in total. The molecular weight excluding hydrogens is 401 g/mol. The fourth-order valence-corrected chi connectivity index (χ4v) is 3.89. The molecule has 0 radical (unpaired) electrons. The highest BCUT2D eigenvalue weighted by Gasteiger charge is 2.40. The summed E-state index contributed by atoms with van der Waals surface area (Å²) in [6.07, 6.45) is 1.87. The Morgan fingerprint density at radius 3 is 1.84 bits per heavy atom. The summed E-state index contributed by atoms with van der Waals surface area (Å²) in [5.74, 6) is -1.17. The molecule has 1 atom stereocenters. The van der Waals surface area contributed by atoms with E-state index in [0.29, 0.717) is 17.5 Å². The fraction of sp³-hybridized carbons (Fsp3) is 0.107. The van der Waals surface area contributed by atoms with Crippen LogP contribution in [0, 0.1) is 5.82 Å². The van der Waals surface area contributed by atoms with Crippen LogP contribution in [0.25, 0.3) is 0 Å². The van der Waals surface area contributed by atoms with Crippen molar-refractivity contribution in [2.24, 2.45) is 4.99 Å². The molecule has 0 aliphatic heterocycles. The second kappa shape index (κ2) is 9.58. The maximum Gasteiger partial charge on any atom is 0.165 e. The molecule has 0 saturated heterocycles. The number of phenols is 1. The van der Waals surface area contributed by atoms with Crippen LogP contribution in [0.4, 0.5) is 4.39 Å². The number of phenolic OH excluding ortho intramolecular Hbond substituents is 1. The third kappa shape index (κ3) is 4.46. The van der Waals surface area contributed by atoms with Crippen molar-refractivity contribution in [3.05, 3.63) is 137 Å². The fourth-order valence-electron chi connectivity index (χ4n) is 3.89. The number of hydrogen-bond acceptors (Lipinski definition) is 3. The minimum Gasteiger partial charge on any atom is -0.504 e. The number of para-hydroxylation sites is 1. The van der Waals surface area contributed by atoms with Gasteiger partial charge >= 0.3 is 0 Å². The average molecular weight is 426 g/mol. The maximum atomic E-state index is 13.9. The number of benzene rings is 4. The summed E-state index contributed by atoms with van der Waals surface area (Å²) in [7, 11) is 0. The lowest BCUT2D eigenvalue weighted by Gasteiger charge is -2.35. The monoisotopic (exact) mass is 425 g/mol. The van der Waals surface area contributed by atoms with Gasteiger partial charge in [0, 0.05) is 11.8 Å². The molecule has 0 amide bonds. The van der Waals surface area contributed by atoms with E-state index in [0.717, 1.165) is 5.56 Å². The summed E-state index contributed by atoms with van der Waals surface area (Å²) in [5, 5.41) is 22.3. The normalized spacial score (nSPS) is 12.7. The van der Waals surface area contributed by atoms with Crippen molar-refractivity contribution >= 4 is 6.21 Å². The van der Waals surface area contributed by atoms with Crippen LogP contribution in [0.5, 0.6) is 5.75 Å². The summed E-state index contributed by atoms with van der Waals surface area (Å²) < 4.78 is 13.9. The number of aromatic hydroxyl groups is 1. The van der Waals surface area contributed by atoms with E-state index in [4.69, 9.17) is 4.99 Å². The van der Waals surface area contributed by atoms with Crippen molar-refractivity contribution in [2.45, 2.75) is 18.1 Å². The zero-order chi connectivity index (χ0) is 22.4. The van der Waals surface area contributed by atoms with Gasteiger partial charge in [0.15, 0.2) is 11.6 Å². The van der Waals surface area contributed by atoms with E-state index in [1.54, 1.807) is 6.07 Å². The van der Waals surface area contributed by atoms with E-state index >= 15 is 0 Å². The molecule has 2 N–H and O–H groups in total. The van der Waals surface area contributed by atoms with Gasteiger partial charge in [-0.15, -0.1) is 0 Å². The Bertz CT molecular complexity index is 1140. The molecule has 0 aliphatic carbocycles. The first-order chi connectivity index (χ1) is 15.6. The van der Waals surface area contributed by atoms with Gasteiger partial charge in [0.25, 0.3) is 0 Å². The van der Waals surface area contributed by atoms with E-state index in [1.807, 2.05) is 91.0 Å². The Labute approximate surface area is 187 Å². The number of nitrogens with zero attached hydrogens (tertiary/aromatic N) is 1. The highest BCUT2D eigenvalue weighted by molar-refractivity contribution is 5.83. The Kier molecular flexibility index (Phi) is 6.43. The van der Waals surface area contributed by atoms with Crippen molar-refractivity contribution < 1.29 is 14.6 Å². The number of rotatable bonds is 7. The first-order valence-corrected chi connectivity index (χ1v) is 10.5. The van der Waals surface area contributed by atoms with Crippen molar-refractivity contribution in [2.75, 3.05) is 0 Å². The molecule has 0 fully saturated rings. The van der Waals surface area contributed by atoms with E-state index < -0.39 is 23.2 Å². The zero-order valence-corrected chi connectivity index (χ0v) is 17.5. The summed E-state index contributed by atoms with van der Waals surface area (Å²) >= 11 is 0. The van der Waals surface area contributed by atoms with Crippen LogP contribution in [-0.2, 0) is 12.0 Å². The molecule has 4 aromatic rings. The van der Waals surface area contributed by atoms with E-state index in [1.165, 1.54) is 18.3 Å². The molecule has 0 spiro atoms. The summed E-state index contributed by atoms with van der Waals surface area (Å²) in [6.45, 7) is 0. The highest BCUT2D eigenvalue weighted by Crippen LogP contribution is 2.36. The maximum absolute atomic E-state index is 13.9. The number of aliphatic hydroxyl groups is 1. The van der Waals surface area contributed by atoms with Crippen LogP contribution in [0.2, 0.25) is 0 Å². The standard InChI is InChI=1S/C28H24FNO2/c29-25-18-10-13-22(27(25)31)20-30-26(19-21-11-4-1-5-12-21)28(32,23-14-6-2-7-15-23)24-16-8-3-9-17-24/h1-18,20,26,31-32H,19H2/t26-/m1/s1. The molecule has 0 aromatic heterocycles. The van der Waals surface area contributed by atoms with Crippen molar-refractivity contribution in [3.8, 4) is 5.75 Å². The molecule has 32 heavy (non-hydrogen) atoms. The highest BCUT2D eigenvalue weighted by atomic mass is 19.1. The Morgan fingerprint density at radius 2 is 1.28 bits per heavy atom. The molecule has 4 rings (SSSR count).